The Balaban J connectivity index is 1.55. The number of aryl methyl sites for hydroxylation is 1. The molecule has 7 nitrogen and oxygen atoms in total. The molecule has 0 bridgehead atoms. The summed E-state index contributed by atoms with van der Waals surface area (Å²) in [5.41, 5.74) is 2.62. The second-order valence-corrected chi connectivity index (χ2v) is 9.44. The summed E-state index contributed by atoms with van der Waals surface area (Å²) in [6.45, 7) is -1.21. The van der Waals surface area contributed by atoms with Gasteiger partial charge < -0.3 is 5.32 Å². The summed E-state index contributed by atoms with van der Waals surface area (Å²) in [5, 5.41) is 8.98. The van der Waals surface area contributed by atoms with Gasteiger partial charge in [-0.05, 0) is 43.2 Å². The number of halogens is 3. The monoisotopic (exact) mass is 480 g/mol. The zero-order valence-electron chi connectivity index (χ0n) is 17.8. The third-order valence-corrected chi connectivity index (χ3v) is 6.76. The first-order valence-electron chi connectivity index (χ1n) is 10.1. The lowest BCUT2D eigenvalue weighted by atomic mass is 10.1. The van der Waals surface area contributed by atoms with Crippen LogP contribution in [0.25, 0.3) is 11.3 Å². The second kappa shape index (κ2) is 10.2. The van der Waals surface area contributed by atoms with Gasteiger partial charge in [-0.25, -0.2) is 12.7 Å². The number of hydrogen-bond donors (Lipinski definition) is 2. The van der Waals surface area contributed by atoms with Gasteiger partial charge in [0.15, 0.2) is 0 Å². The molecule has 0 saturated heterocycles. The van der Waals surface area contributed by atoms with E-state index in [0.717, 1.165) is 17.0 Å². The molecule has 1 aromatic heterocycles. The number of H-pyrrole nitrogens is 1. The zero-order valence-corrected chi connectivity index (χ0v) is 18.6. The Morgan fingerprint density at radius 3 is 2.39 bits per heavy atom. The highest BCUT2D eigenvalue weighted by atomic mass is 32.2. The molecule has 0 fully saturated rings. The van der Waals surface area contributed by atoms with Gasteiger partial charge in [-0.15, -0.1) is 0 Å². The van der Waals surface area contributed by atoms with Crippen LogP contribution < -0.4 is 5.32 Å². The van der Waals surface area contributed by atoms with E-state index in [2.05, 4.69) is 10.2 Å². The van der Waals surface area contributed by atoms with Crippen LogP contribution in [0, 0.1) is 0 Å². The molecule has 0 unspecified atom stereocenters. The Morgan fingerprint density at radius 1 is 1.09 bits per heavy atom. The number of amides is 1. The van der Waals surface area contributed by atoms with E-state index in [1.807, 2.05) is 36.4 Å². The zero-order chi connectivity index (χ0) is 24.1. The van der Waals surface area contributed by atoms with Gasteiger partial charge in [-0.3, -0.25) is 9.89 Å². The van der Waals surface area contributed by atoms with Crippen molar-refractivity contribution in [2.75, 3.05) is 20.1 Å². The highest BCUT2D eigenvalue weighted by Gasteiger charge is 2.28. The molecule has 0 atom stereocenters. The van der Waals surface area contributed by atoms with Gasteiger partial charge in [0.05, 0.1) is 10.6 Å². The van der Waals surface area contributed by atoms with Crippen molar-refractivity contribution in [3.8, 4) is 11.3 Å². The van der Waals surface area contributed by atoms with Crippen molar-refractivity contribution in [1.82, 2.24) is 19.8 Å². The Bertz CT molecular complexity index is 1180. The Hall–Kier alpha value is -3.18. The number of hydrogen-bond acceptors (Lipinski definition) is 4. The van der Waals surface area contributed by atoms with Gasteiger partial charge in [0, 0.05) is 30.4 Å². The summed E-state index contributed by atoms with van der Waals surface area (Å²) < 4.78 is 63.4. The van der Waals surface area contributed by atoms with Crippen molar-refractivity contribution in [2.24, 2.45) is 0 Å². The van der Waals surface area contributed by atoms with E-state index in [9.17, 15) is 26.4 Å². The molecular weight excluding hydrogens is 457 g/mol. The number of nitrogens with one attached hydrogen (secondary N) is 2. The molecule has 33 heavy (non-hydrogen) atoms. The average Bonchev–Trinajstić information content (AvgIpc) is 3.26. The highest BCUT2D eigenvalue weighted by Crippen LogP contribution is 2.19. The SMILES string of the molecule is CN(CCCc1cc(-c2ccccc2)n[nH]1)S(=O)(=O)c1ccc(C(=O)NCC(F)(F)F)cc1. The quantitative estimate of drug-likeness (QED) is 0.489. The molecule has 0 aliphatic carbocycles. The third-order valence-electron chi connectivity index (χ3n) is 4.89. The first kappa shape index (κ1) is 24.5. The molecule has 2 N–H and O–H groups in total. The third kappa shape index (κ3) is 6.65. The first-order valence-corrected chi connectivity index (χ1v) is 11.5. The van der Waals surface area contributed by atoms with Crippen molar-refractivity contribution in [3.63, 3.8) is 0 Å². The molecule has 0 spiro atoms. The van der Waals surface area contributed by atoms with Gasteiger partial charge in [0.1, 0.15) is 6.54 Å². The Labute approximate surface area is 189 Å². The maximum Gasteiger partial charge on any atom is 0.405 e. The molecule has 2 aromatic carbocycles. The maximum absolute atomic E-state index is 12.8. The second-order valence-electron chi connectivity index (χ2n) is 7.40. The van der Waals surface area contributed by atoms with E-state index >= 15 is 0 Å². The van der Waals surface area contributed by atoms with Crippen LogP contribution in [0.3, 0.4) is 0 Å². The molecule has 3 aromatic rings. The highest BCUT2D eigenvalue weighted by molar-refractivity contribution is 7.89. The van der Waals surface area contributed by atoms with Crippen molar-refractivity contribution in [1.29, 1.82) is 0 Å². The van der Waals surface area contributed by atoms with Crippen LogP contribution in [-0.2, 0) is 16.4 Å². The standard InChI is InChI=1S/C22H23F3N4O3S/c1-29(13-5-8-18-14-20(28-27-18)16-6-3-2-4-7-16)33(31,32)19-11-9-17(10-12-19)21(30)26-15-22(23,24)25/h2-4,6-7,9-12,14H,5,8,13,15H2,1H3,(H,26,30)(H,27,28). The minimum Gasteiger partial charge on any atom is -0.343 e. The van der Waals surface area contributed by atoms with Crippen LogP contribution in [-0.4, -0.2) is 55.1 Å². The fourth-order valence-electron chi connectivity index (χ4n) is 3.10. The molecule has 176 valence electrons. The van der Waals surface area contributed by atoms with E-state index in [0.29, 0.717) is 12.8 Å². The molecule has 0 saturated carbocycles. The molecule has 0 aliphatic rings. The van der Waals surface area contributed by atoms with Crippen LogP contribution >= 0.6 is 0 Å². The van der Waals surface area contributed by atoms with Crippen LogP contribution in [0.5, 0.6) is 0 Å². The van der Waals surface area contributed by atoms with Gasteiger partial charge >= 0.3 is 6.18 Å². The minimum atomic E-state index is -4.53. The number of aromatic amines is 1. The normalized spacial score (nSPS) is 12.2. The van der Waals surface area contributed by atoms with Gasteiger partial charge in [0.25, 0.3) is 5.91 Å². The molecule has 3 rings (SSSR count). The van der Waals surface area contributed by atoms with Crippen molar-refractivity contribution >= 4 is 15.9 Å². The van der Waals surface area contributed by atoms with Crippen molar-refractivity contribution in [2.45, 2.75) is 23.9 Å². The average molecular weight is 481 g/mol. The summed E-state index contributed by atoms with van der Waals surface area (Å²) in [4.78, 5) is 11.7. The van der Waals surface area contributed by atoms with Gasteiger partial charge in [-0.1, -0.05) is 30.3 Å². The fourth-order valence-corrected chi connectivity index (χ4v) is 4.31. The Morgan fingerprint density at radius 2 is 1.76 bits per heavy atom. The number of alkyl halides is 3. The van der Waals surface area contributed by atoms with E-state index in [4.69, 9.17) is 0 Å². The van der Waals surface area contributed by atoms with Gasteiger partial charge in [-0.2, -0.15) is 18.3 Å². The van der Waals surface area contributed by atoms with E-state index in [1.54, 1.807) is 5.32 Å². The smallest absolute Gasteiger partial charge is 0.343 e. The summed E-state index contributed by atoms with van der Waals surface area (Å²) in [7, 11) is -2.37. The van der Waals surface area contributed by atoms with E-state index in [1.165, 1.54) is 35.6 Å². The Kier molecular flexibility index (Phi) is 7.54. The van der Waals surface area contributed by atoms with Crippen LogP contribution in [0.15, 0.2) is 65.6 Å². The summed E-state index contributed by atoms with van der Waals surface area (Å²) in [5.74, 6) is -0.931. The van der Waals surface area contributed by atoms with Crippen molar-refractivity contribution < 1.29 is 26.4 Å². The lowest BCUT2D eigenvalue weighted by Crippen LogP contribution is -2.33. The van der Waals surface area contributed by atoms with Crippen molar-refractivity contribution in [3.05, 3.63) is 71.9 Å². The molecule has 11 heteroatoms. The van der Waals surface area contributed by atoms with Crippen LogP contribution in [0.1, 0.15) is 22.5 Å². The summed E-state index contributed by atoms with van der Waals surface area (Å²) in [6.07, 6.45) is -3.39. The van der Waals surface area contributed by atoms with E-state index < -0.39 is 28.7 Å². The maximum atomic E-state index is 12.8. The largest absolute Gasteiger partial charge is 0.405 e. The number of carbonyl (C=O) groups is 1. The predicted molar refractivity (Wildman–Crippen MR) is 117 cm³/mol. The predicted octanol–water partition coefficient (Wildman–Crippen LogP) is 3.62. The number of benzene rings is 2. The topological polar surface area (TPSA) is 95.2 Å². The van der Waals surface area contributed by atoms with Gasteiger partial charge in [0.2, 0.25) is 10.0 Å². The van der Waals surface area contributed by atoms with E-state index in [-0.39, 0.29) is 17.0 Å². The van der Waals surface area contributed by atoms with Crippen LogP contribution in [0.2, 0.25) is 0 Å². The fraction of sp³-hybridized carbons (Fsp3) is 0.273. The molecule has 1 amide bonds. The molecular formula is C22H23F3N4O3S. The number of aromatic nitrogens is 2. The number of sulfonamides is 1. The molecule has 0 aliphatic heterocycles. The first-order chi connectivity index (χ1) is 15.6. The summed E-state index contributed by atoms with van der Waals surface area (Å²) >= 11 is 0. The number of nitrogens with zero attached hydrogens (tertiary/aromatic N) is 2. The summed E-state index contributed by atoms with van der Waals surface area (Å²) in [6, 6.07) is 16.4. The number of rotatable bonds is 9. The van der Waals surface area contributed by atoms with Crippen LogP contribution in [0.4, 0.5) is 13.2 Å². The molecule has 1 heterocycles. The lowest BCUT2D eigenvalue weighted by molar-refractivity contribution is -0.123. The molecule has 0 radical (unpaired) electrons. The lowest BCUT2D eigenvalue weighted by Gasteiger charge is -2.17. The minimum absolute atomic E-state index is 0.0507. The number of carbonyl (C=O) groups excluding carboxylic acids is 1.